The molecule has 1 aromatic rings. The molecule has 2 fully saturated rings. The van der Waals surface area contributed by atoms with E-state index < -0.39 is 29.5 Å². The summed E-state index contributed by atoms with van der Waals surface area (Å²) in [5, 5.41) is 10.0. The lowest BCUT2D eigenvalue weighted by Gasteiger charge is -2.32. The first-order valence-electron chi connectivity index (χ1n) is 7.79. The maximum Gasteiger partial charge on any atom is 0.310 e. The lowest BCUT2D eigenvalue weighted by molar-refractivity contribution is -0.146. The number of halogens is 1. The number of benzene rings is 1. The van der Waals surface area contributed by atoms with Gasteiger partial charge in [0.05, 0.1) is 28.8 Å². The maximum absolute atomic E-state index is 13.2. The number of aliphatic carboxylic acids is 1. The summed E-state index contributed by atoms with van der Waals surface area (Å²) < 4.78 is 6.04. The Morgan fingerprint density at radius 2 is 2.21 bits per heavy atom. The van der Waals surface area contributed by atoms with Crippen molar-refractivity contribution in [3.8, 4) is 0 Å². The number of hydrogen-bond donors (Lipinski definition) is 1. The van der Waals surface area contributed by atoms with Crippen LogP contribution in [0.4, 0.5) is 5.69 Å². The Kier molecular flexibility index (Phi) is 3.34. The molecule has 124 valence electrons. The number of carbonyl (C=O) groups is 2. The van der Waals surface area contributed by atoms with Crippen LogP contribution in [-0.4, -0.2) is 34.7 Å². The standard InChI is InChI=1S/C18H16ClNO4/c1-2-5-13-18-9-8-12(24-18)14(17(22)23)15(18)16(21)20(13)11-7-4-3-6-10(11)19/h2-4,6-9,12-15H,1,5H2,(H,22,23)/t12-,13-,14-,15-,18+/m0/s1. The van der Waals surface area contributed by atoms with Gasteiger partial charge in [0.15, 0.2) is 0 Å². The first-order valence-corrected chi connectivity index (χ1v) is 8.17. The van der Waals surface area contributed by atoms with Crippen molar-refractivity contribution in [1.29, 1.82) is 0 Å². The average molecular weight is 346 g/mol. The molecule has 0 saturated carbocycles. The fraction of sp³-hybridized carbons (Fsp3) is 0.333. The van der Waals surface area contributed by atoms with E-state index in [1.165, 1.54) is 0 Å². The van der Waals surface area contributed by atoms with E-state index in [0.717, 1.165) is 0 Å². The number of para-hydroxylation sites is 1. The molecule has 5 nitrogen and oxygen atoms in total. The molecule has 1 amide bonds. The van der Waals surface area contributed by atoms with Crippen molar-refractivity contribution in [2.24, 2.45) is 11.8 Å². The summed E-state index contributed by atoms with van der Waals surface area (Å²) in [6.07, 6.45) is 5.26. The lowest BCUT2D eigenvalue weighted by Crippen LogP contribution is -2.45. The summed E-state index contributed by atoms with van der Waals surface area (Å²) in [6, 6.07) is 6.70. The molecular formula is C18H16ClNO4. The molecule has 5 atom stereocenters. The Bertz CT molecular complexity index is 776. The number of hydrogen-bond acceptors (Lipinski definition) is 3. The van der Waals surface area contributed by atoms with Gasteiger partial charge in [-0.3, -0.25) is 9.59 Å². The topological polar surface area (TPSA) is 66.8 Å². The van der Waals surface area contributed by atoms with Gasteiger partial charge in [0, 0.05) is 0 Å². The van der Waals surface area contributed by atoms with E-state index in [-0.39, 0.29) is 11.9 Å². The highest BCUT2D eigenvalue weighted by Gasteiger charge is 2.71. The minimum Gasteiger partial charge on any atom is -0.481 e. The number of fused-ring (bicyclic) bond motifs is 1. The number of carbonyl (C=O) groups excluding carboxylic acids is 1. The summed E-state index contributed by atoms with van der Waals surface area (Å²) in [5.74, 6) is -2.88. The van der Waals surface area contributed by atoms with Gasteiger partial charge in [-0.25, -0.2) is 0 Å². The van der Waals surface area contributed by atoms with Gasteiger partial charge in [-0.2, -0.15) is 0 Å². The fourth-order valence-electron chi connectivity index (χ4n) is 4.31. The maximum atomic E-state index is 13.2. The van der Waals surface area contributed by atoms with Gasteiger partial charge in [0.1, 0.15) is 11.5 Å². The molecular weight excluding hydrogens is 330 g/mol. The van der Waals surface area contributed by atoms with E-state index in [1.807, 2.05) is 6.08 Å². The summed E-state index contributed by atoms with van der Waals surface area (Å²) in [7, 11) is 0. The van der Waals surface area contributed by atoms with Gasteiger partial charge in [0.25, 0.3) is 0 Å². The second-order valence-corrected chi connectivity index (χ2v) is 6.74. The third-order valence-electron chi connectivity index (χ3n) is 5.21. The first-order chi connectivity index (χ1) is 11.5. The zero-order chi connectivity index (χ0) is 17.1. The largest absolute Gasteiger partial charge is 0.481 e. The van der Waals surface area contributed by atoms with Crippen LogP contribution in [0.25, 0.3) is 0 Å². The van der Waals surface area contributed by atoms with Gasteiger partial charge in [-0.05, 0) is 18.6 Å². The molecule has 0 unspecified atom stereocenters. The Morgan fingerprint density at radius 1 is 1.46 bits per heavy atom. The van der Waals surface area contributed by atoms with Crippen LogP contribution in [-0.2, 0) is 14.3 Å². The Balaban J connectivity index is 1.87. The van der Waals surface area contributed by atoms with E-state index in [9.17, 15) is 14.7 Å². The molecule has 0 radical (unpaired) electrons. The van der Waals surface area contributed by atoms with Crippen molar-refractivity contribution in [2.75, 3.05) is 4.90 Å². The number of ether oxygens (including phenoxy) is 1. The highest BCUT2D eigenvalue weighted by molar-refractivity contribution is 6.34. The van der Waals surface area contributed by atoms with Crippen molar-refractivity contribution in [3.05, 3.63) is 54.1 Å². The Hall–Kier alpha value is -2.11. The predicted octanol–water partition coefficient (Wildman–Crippen LogP) is 2.66. The van der Waals surface area contributed by atoms with Crippen LogP contribution in [0.5, 0.6) is 0 Å². The van der Waals surface area contributed by atoms with E-state index >= 15 is 0 Å². The van der Waals surface area contributed by atoms with Gasteiger partial charge in [-0.1, -0.05) is 42.0 Å². The highest BCUT2D eigenvalue weighted by atomic mass is 35.5. The SMILES string of the molecule is C=CC[C@@H]1N(c2ccccc2Cl)C(=O)[C@@H]2[C@@H](C(=O)O)[C@@H]3C=C[C@]21O3. The summed E-state index contributed by atoms with van der Waals surface area (Å²) in [4.78, 5) is 26.5. The van der Waals surface area contributed by atoms with E-state index in [0.29, 0.717) is 17.1 Å². The normalized spacial score (nSPS) is 36.2. The zero-order valence-electron chi connectivity index (χ0n) is 12.8. The van der Waals surface area contributed by atoms with Crippen molar-refractivity contribution >= 4 is 29.2 Å². The molecule has 0 aromatic heterocycles. The second kappa shape index (κ2) is 5.19. The molecule has 0 aliphatic carbocycles. The minimum absolute atomic E-state index is 0.255. The van der Waals surface area contributed by atoms with Crippen LogP contribution >= 0.6 is 11.6 Å². The van der Waals surface area contributed by atoms with Crippen molar-refractivity contribution in [3.63, 3.8) is 0 Å². The highest BCUT2D eigenvalue weighted by Crippen LogP contribution is 2.56. The van der Waals surface area contributed by atoms with Gasteiger partial charge in [-0.15, -0.1) is 6.58 Å². The number of amides is 1. The van der Waals surface area contributed by atoms with Crippen molar-refractivity contribution in [1.82, 2.24) is 0 Å². The summed E-state index contributed by atoms with van der Waals surface area (Å²) in [5.41, 5.74) is -0.359. The van der Waals surface area contributed by atoms with Gasteiger partial charge >= 0.3 is 5.97 Å². The molecule has 4 rings (SSSR count). The molecule has 2 saturated heterocycles. The number of carboxylic acids is 1. The lowest BCUT2D eigenvalue weighted by atomic mass is 9.74. The smallest absolute Gasteiger partial charge is 0.310 e. The number of rotatable bonds is 4. The predicted molar refractivity (Wildman–Crippen MR) is 88.9 cm³/mol. The second-order valence-electron chi connectivity index (χ2n) is 6.34. The molecule has 1 aromatic carbocycles. The van der Waals surface area contributed by atoms with Crippen LogP contribution < -0.4 is 4.90 Å². The molecule has 6 heteroatoms. The van der Waals surface area contributed by atoms with Crippen molar-refractivity contribution in [2.45, 2.75) is 24.2 Å². The van der Waals surface area contributed by atoms with E-state index in [2.05, 4.69) is 6.58 Å². The zero-order valence-corrected chi connectivity index (χ0v) is 13.5. The number of nitrogens with zero attached hydrogens (tertiary/aromatic N) is 1. The fourth-order valence-corrected chi connectivity index (χ4v) is 4.54. The van der Waals surface area contributed by atoms with E-state index in [1.54, 1.807) is 41.3 Å². The molecule has 3 aliphatic heterocycles. The van der Waals surface area contributed by atoms with Gasteiger partial charge in [0.2, 0.25) is 5.91 Å². The van der Waals surface area contributed by atoms with Crippen LogP contribution in [0.3, 0.4) is 0 Å². The molecule has 3 aliphatic rings. The molecule has 1 N–H and O–H groups in total. The average Bonchev–Trinajstić information content (AvgIpc) is 3.18. The third kappa shape index (κ3) is 1.79. The summed E-state index contributed by atoms with van der Waals surface area (Å²) in [6.45, 7) is 3.78. The van der Waals surface area contributed by atoms with Crippen LogP contribution in [0, 0.1) is 11.8 Å². The summed E-state index contributed by atoms with van der Waals surface area (Å²) >= 11 is 6.29. The molecule has 1 spiro atoms. The monoisotopic (exact) mass is 345 g/mol. The Morgan fingerprint density at radius 3 is 2.88 bits per heavy atom. The van der Waals surface area contributed by atoms with E-state index in [4.69, 9.17) is 16.3 Å². The van der Waals surface area contributed by atoms with Gasteiger partial charge < -0.3 is 14.7 Å². The minimum atomic E-state index is -1.01. The quantitative estimate of drug-likeness (QED) is 0.852. The number of anilines is 1. The first kappa shape index (κ1) is 15.4. The number of carboxylic acid groups (broad SMARTS) is 1. The van der Waals surface area contributed by atoms with Crippen LogP contribution in [0.15, 0.2) is 49.1 Å². The van der Waals surface area contributed by atoms with Crippen molar-refractivity contribution < 1.29 is 19.4 Å². The van der Waals surface area contributed by atoms with Crippen LogP contribution in [0.1, 0.15) is 6.42 Å². The third-order valence-corrected chi connectivity index (χ3v) is 5.53. The Labute approximate surface area is 144 Å². The molecule has 2 bridgehead atoms. The van der Waals surface area contributed by atoms with Crippen LogP contribution in [0.2, 0.25) is 5.02 Å². The molecule has 24 heavy (non-hydrogen) atoms. The molecule has 3 heterocycles.